The molecule has 0 amide bonds. The number of rotatable bonds is 5. The van der Waals surface area contributed by atoms with Crippen molar-refractivity contribution in [1.82, 2.24) is 9.55 Å². The summed E-state index contributed by atoms with van der Waals surface area (Å²) in [5.74, 6) is 1.01. The van der Waals surface area contributed by atoms with Crippen LogP contribution in [0.25, 0.3) is 73.3 Å². The second kappa shape index (κ2) is 11.7. The van der Waals surface area contributed by atoms with Crippen molar-refractivity contribution < 1.29 is 0 Å². The highest BCUT2D eigenvalue weighted by Crippen LogP contribution is 2.38. The van der Waals surface area contributed by atoms with Crippen LogP contribution in [0, 0.1) is 0 Å². The van der Waals surface area contributed by atoms with Gasteiger partial charge in [0.1, 0.15) is 5.82 Å². The van der Waals surface area contributed by atoms with Crippen molar-refractivity contribution in [3.8, 4) is 22.5 Å². The van der Waals surface area contributed by atoms with Gasteiger partial charge in [0.15, 0.2) is 0 Å². The molecule has 0 radical (unpaired) electrons. The Morgan fingerprint density at radius 2 is 1.23 bits per heavy atom. The van der Waals surface area contributed by atoms with Crippen LogP contribution in [0.5, 0.6) is 0 Å². The van der Waals surface area contributed by atoms with E-state index in [-0.39, 0.29) is 0 Å². The van der Waals surface area contributed by atoms with Gasteiger partial charge in [0, 0.05) is 11.3 Å². The van der Waals surface area contributed by atoms with E-state index >= 15 is 0 Å². The number of nitrogens with zero attached hydrogens (tertiary/aromatic N) is 2. The first-order chi connectivity index (χ1) is 23.3. The Morgan fingerprint density at radius 1 is 0.532 bits per heavy atom. The molecule has 3 aliphatic rings. The van der Waals surface area contributed by atoms with Gasteiger partial charge in [-0.3, -0.25) is 4.57 Å². The first kappa shape index (κ1) is 27.8. The molecule has 0 saturated carbocycles. The minimum atomic E-state index is 0.947. The molecule has 0 saturated heterocycles. The van der Waals surface area contributed by atoms with Crippen molar-refractivity contribution >= 4 is 50.8 Å². The highest BCUT2D eigenvalue weighted by molar-refractivity contribution is 6.04. The van der Waals surface area contributed by atoms with Gasteiger partial charge in [0.25, 0.3) is 0 Å². The molecule has 0 atom stereocenters. The fourth-order valence-corrected chi connectivity index (χ4v) is 7.84. The SMILES string of the molecule is C1=CCCC(c2c3c(c(C4=CC=C(n5c(-c6ccccc6)nc6ccccc65)CC4)c4cc(-c5ccccc5)ccc24)=CCCC=3)=C1. The number of allylic oxidation sites excluding steroid dienone is 8. The van der Waals surface area contributed by atoms with Gasteiger partial charge in [-0.1, -0.05) is 121 Å². The van der Waals surface area contributed by atoms with Crippen molar-refractivity contribution in [1.29, 1.82) is 0 Å². The lowest BCUT2D eigenvalue weighted by molar-refractivity contribution is 0.970. The molecule has 0 unspecified atom stereocenters. The summed E-state index contributed by atoms with van der Waals surface area (Å²) in [6.45, 7) is 0. The van der Waals surface area contributed by atoms with E-state index in [2.05, 4.69) is 150 Å². The van der Waals surface area contributed by atoms with Gasteiger partial charge in [-0.05, 0) is 117 Å². The first-order valence-corrected chi connectivity index (χ1v) is 17.0. The first-order valence-electron chi connectivity index (χ1n) is 17.0. The maximum absolute atomic E-state index is 5.11. The molecule has 6 aromatic rings. The largest absolute Gasteiger partial charge is 0.296 e. The van der Waals surface area contributed by atoms with Gasteiger partial charge >= 0.3 is 0 Å². The molecule has 226 valence electrons. The van der Waals surface area contributed by atoms with Gasteiger partial charge in [-0.25, -0.2) is 4.98 Å². The number of fused-ring (bicyclic) bond motifs is 3. The van der Waals surface area contributed by atoms with Crippen molar-refractivity contribution in [2.45, 2.75) is 38.5 Å². The van der Waals surface area contributed by atoms with Gasteiger partial charge in [0.2, 0.25) is 0 Å². The van der Waals surface area contributed by atoms with Crippen molar-refractivity contribution in [2.75, 3.05) is 0 Å². The molecular weight excluding hydrogens is 569 g/mol. The Bertz CT molecular complexity index is 2430. The Morgan fingerprint density at radius 3 is 1.96 bits per heavy atom. The highest BCUT2D eigenvalue weighted by atomic mass is 15.1. The molecule has 9 rings (SSSR count). The zero-order valence-corrected chi connectivity index (χ0v) is 26.5. The van der Waals surface area contributed by atoms with Gasteiger partial charge in [-0.2, -0.15) is 0 Å². The molecule has 0 spiro atoms. The van der Waals surface area contributed by atoms with Crippen LogP contribution in [-0.2, 0) is 0 Å². The number of para-hydroxylation sites is 2. The Hall–Kier alpha value is -5.47. The Labute approximate surface area is 275 Å². The maximum Gasteiger partial charge on any atom is 0.145 e. The molecular formula is C45H36N2. The summed E-state index contributed by atoms with van der Waals surface area (Å²) in [4.78, 5) is 5.11. The second-order valence-corrected chi connectivity index (χ2v) is 12.8. The molecule has 1 heterocycles. The molecule has 0 bridgehead atoms. The quantitative estimate of drug-likeness (QED) is 0.191. The van der Waals surface area contributed by atoms with E-state index in [4.69, 9.17) is 4.98 Å². The van der Waals surface area contributed by atoms with Gasteiger partial charge < -0.3 is 0 Å². The normalized spacial score (nSPS) is 15.8. The third kappa shape index (κ3) is 4.84. The van der Waals surface area contributed by atoms with Crippen LogP contribution in [0.4, 0.5) is 0 Å². The smallest absolute Gasteiger partial charge is 0.145 e. The molecule has 0 N–H and O–H groups in total. The number of imidazole rings is 1. The van der Waals surface area contributed by atoms with Crippen LogP contribution in [-0.4, -0.2) is 9.55 Å². The van der Waals surface area contributed by atoms with Crippen LogP contribution in [0.15, 0.2) is 134 Å². The summed E-state index contributed by atoms with van der Waals surface area (Å²) in [6.07, 6.45) is 22.9. The van der Waals surface area contributed by atoms with E-state index in [1.165, 1.54) is 60.3 Å². The molecule has 47 heavy (non-hydrogen) atoms. The summed E-state index contributed by atoms with van der Waals surface area (Å²) in [5, 5.41) is 5.58. The summed E-state index contributed by atoms with van der Waals surface area (Å²) in [6, 6.07) is 37.1. The number of hydrogen-bond acceptors (Lipinski definition) is 1. The minimum absolute atomic E-state index is 0.947. The van der Waals surface area contributed by atoms with Gasteiger partial charge in [0.05, 0.1) is 11.0 Å². The zero-order chi connectivity index (χ0) is 31.2. The van der Waals surface area contributed by atoms with E-state index in [1.54, 1.807) is 0 Å². The van der Waals surface area contributed by atoms with E-state index in [1.807, 2.05) is 0 Å². The lowest BCUT2D eigenvalue weighted by Crippen LogP contribution is -2.34. The van der Waals surface area contributed by atoms with Gasteiger partial charge in [-0.15, -0.1) is 0 Å². The fourth-order valence-electron chi connectivity index (χ4n) is 7.84. The topological polar surface area (TPSA) is 17.8 Å². The fraction of sp³-hybridized carbons (Fsp3) is 0.133. The monoisotopic (exact) mass is 604 g/mol. The molecule has 0 fully saturated rings. The van der Waals surface area contributed by atoms with Crippen LogP contribution >= 0.6 is 0 Å². The molecule has 3 aliphatic carbocycles. The third-order valence-corrected chi connectivity index (χ3v) is 10.0. The van der Waals surface area contributed by atoms with Crippen LogP contribution in [0.2, 0.25) is 0 Å². The van der Waals surface area contributed by atoms with E-state index < -0.39 is 0 Å². The average Bonchev–Trinajstić information content (AvgIpc) is 3.54. The lowest BCUT2D eigenvalue weighted by Gasteiger charge is -2.24. The maximum atomic E-state index is 5.11. The predicted molar refractivity (Wildman–Crippen MR) is 200 cm³/mol. The van der Waals surface area contributed by atoms with Crippen LogP contribution in [0.3, 0.4) is 0 Å². The predicted octanol–water partition coefficient (Wildman–Crippen LogP) is 10.3. The van der Waals surface area contributed by atoms with Crippen molar-refractivity contribution in [2.24, 2.45) is 0 Å². The van der Waals surface area contributed by atoms with E-state index in [0.29, 0.717) is 0 Å². The Kier molecular flexibility index (Phi) is 6.93. The van der Waals surface area contributed by atoms with Crippen LogP contribution < -0.4 is 10.4 Å². The van der Waals surface area contributed by atoms with E-state index in [9.17, 15) is 0 Å². The lowest BCUT2D eigenvalue weighted by atomic mass is 9.82. The summed E-state index contributed by atoms with van der Waals surface area (Å²) in [7, 11) is 0. The number of aromatic nitrogens is 2. The molecule has 0 aliphatic heterocycles. The van der Waals surface area contributed by atoms with Crippen molar-refractivity contribution in [3.63, 3.8) is 0 Å². The molecule has 5 aromatic carbocycles. The van der Waals surface area contributed by atoms with E-state index in [0.717, 1.165) is 60.9 Å². The summed E-state index contributed by atoms with van der Waals surface area (Å²) >= 11 is 0. The minimum Gasteiger partial charge on any atom is -0.296 e. The summed E-state index contributed by atoms with van der Waals surface area (Å²) in [5.41, 5.74) is 12.9. The van der Waals surface area contributed by atoms with Crippen molar-refractivity contribution in [3.05, 3.63) is 155 Å². The molecule has 1 aromatic heterocycles. The van der Waals surface area contributed by atoms with Crippen LogP contribution in [0.1, 0.15) is 49.7 Å². The summed E-state index contributed by atoms with van der Waals surface area (Å²) < 4.78 is 2.38. The zero-order valence-electron chi connectivity index (χ0n) is 26.5. The average molecular weight is 605 g/mol. The highest BCUT2D eigenvalue weighted by Gasteiger charge is 2.22. The molecule has 2 heteroatoms. The molecule has 2 nitrogen and oxygen atoms in total. The Balaban J connectivity index is 1.28. The number of hydrogen-bond donors (Lipinski definition) is 0. The number of benzene rings is 5. The third-order valence-electron chi connectivity index (χ3n) is 10.0. The standard InChI is InChI=1S/C45H36N2/c1-4-14-31(15-5-1)35-26-29-39-40(30-35)44(38-21-11-10-20-37(38)43(39)32-16-6-2-7-17-32)33-24-27-36(28-25-33)47-42-23-13-12-22-41(42)46-45(47)34-18-8-3-9-19-34/h1-6,8-9,12-16,18-24,26-27,29-30H,7,10-11,17,25,28H2. The second-order valence-electron chi connectivity index (χ2n) is 12.8.